The molecular formula is C28H24N4O6. The number of ether oxygens (including phenoxy) is 2. The number of nitrogens with one attached hydrogen (secondary N) is 1. The Hall–Kier alpha value is -5.30. The minimum Gasteiger partial charge on any atom is -0.466 e. The summed E-state index contributed by atoms with van der Waals surface area (Å²) in [6.45, 7) is 1.70. The van der Waals surface area contributed by atoms with Crippen LogP contribution >= 0.6 is 0 Å². The summed E-state index contributed by atoms with van der Waals surface area (Å²) in [6, 6.07) is 18.9. The van der Waals surface area contributed by atoms with Crippen molar-refractivity contribution in [3.05, 3.63) is 106 Å². The zero-order valence-corrected chi connectivity index (χ0v) is 20.8. The number of amides is 1. The standard InChI is InChI=1S/C28H24N4O6/c1-16-19(31-26(33)21-13-8-14-38-21)11-7-12-20(16)32-24(28(35)37-3)23(27(34)36-2)22(18(15-29)25(32)30)17-9-5-4-6-10-17/h4-14,22H,30H2,1-3H3,(H,31,33). The normalized spacial score (nSPS) is 15.1. The molecule has 192 valence electrons. The van der Waals surface area contributed by atoms with Gasteiger partial charge in [-0.15, -0.1) is 0 Å². The van der Waals surface area contributed by atoms with Gasteiger partial charge in [0.15, 0.2) is 5.76 Å². The van der Waals surface area contributed by atoms with E-state index >= 15 is 0 Å². The molecule has 0 spiro atoms. The Bertz CT molecular complexity index is 1500. The maximum Gasteiger partial charge on any atom is 0.355 e. The summed E-state index contributed by atoms with van der Waals surface area (Å²) in [5.41, 5.74) is 8.07. The maximum absolute atomic E-state index is 13.3. The Labute approximate surface area is 218 Å². The van der Waals surface area contributed by atoms with E-state index in [2.05, 4.69) is 11.4 Å². The van der Waals surface area contributed by atoms with Crippen LogP contribution in [0.2, 0.25) is 0 Å². The smallest absolute Gasteiger partial charge is 0.355 e. The van der Waals surface area contributed by atoms with Gasteiger partial charge in [0.1, 0.15) is 11.5 Å². The Kier molecular flexibility index (Phi) is 7.30. The zero-order chi connectivity index (χ0) is 27.4. The van der Waals surface area contributed by atoms with Crippen molar-refractivity contribution in [3.8, 4) is 6.07 Å². The Morgan fingerprint density at radius 2 is 1.71 bits per heavy atom. The van der Waals surface area contributed by atoms with Gasteiger partial charge in [0, 0.05) is 5.69 Å². The van der Waals surface area contributed by atoms with Crippen molar-refractivity contribution in [2.24, 2.45) is 5.73 Å². The first kappa shape index (κ1) is 25.8. The van der Waals surface area contributed by atoms with E-state index in [1.807, 2.05) is 0 Å². The number of esters is 2. The van der Waals surface area contributed by atoms with Gasteiger partial charge in [0.25, 0.3) is 5.91 Å². The SMILES string of the molecule is COC(=O)C1=C(C(=O)OC)N(c2cccc(NC(=O)c3ccco3)c2C)C(N)=C(C#N)C1c1ccccc1. The van der Waals surface area contributed by atoms with Crippen LogP contribution in [0.1, 0.15) is 27.6 Å². The molecule has 1 atom stereocenters. The number of nitriles is 1. The van der Waals surface area contributed by atoms with Crippen molar-refractivity contribution in [1.29, 1.82) is 5.26 Å². The Morgan fingerprint density at radius 3 is 2.32 bits per heavy atom. The van der Waals surface area contributed by atoms with Crippen LogP contribution in [0.3, 0.4) is 0 Å². The van der Waals surface area contributed by atoms with Crippen LogP contribution < -0.4 is 16.0 Å². The summed E-state index contributed by atoms with van der Waals surface area (Å²) < 4.78 is 15.3. The number of allylic oxidation sites excluding steroid dienone is 1. The third kappa shape index (κ3) is 4.49. The molecule has 3 aromatic rings. The Balaban J connectivity index is 1.96. The monoisotopic (exact) mass is 512 g/mol. The molecule has 3 N–H and O–H groups in total. The molecule has 1 aromatic heterocycles. The highest BCUT2D eigenvalue weighted by Crippen LogP contribution is 2.44. The molecule has 2 heterocycles. The second-order valence-electron chi connectivity index (χ2n) is 8.22. The van der Waals surface area contributed by atoms with Crippen LogP contribution in [0, 0.1) is 18.3 Å². The fraction of sp³-hybridized carbons (Fsp3) is 0.143. The van der Waals surface area contributed by atoms with Crippen LogP contribution in [-0.2, 0) is 19.1 Å². The van der Waals surface area contributed by atoms with Gasteiger partial charge in [0.2, 0.25) is 0 Å². The van der Waals surface area contributed by atoms with Crippen LogP contribution in [0.25, 0.3) is 0 Å². The molecule has 0 saturated carbocycles. The first-order chi connectivity index (χ1) is 18.3. The Morgan fingerprint density at radius 1 is 1.00 bits per heavy atom. The van der Waals surface area contributed by atoms with E-state index in [0.29, 0.717) is 22.5 Å². The fourth-order valence-corrected chi connectivity index (χ4v) is 4.36. The van der Waals surface area contributed by atoms with Gasteiger partial charge in [-0.05, 0) is 42.3 Å². The average Bonchev–Trinajstić information content (AvgIpc) is 3.49. The van der Waals surface area contributed by atoms with E-state index in [1.165, 1.54) is 31.4 Å². The topological polar surface area (TPSA) is 148 Å². The van der Waals surface area contributed by atoms with Crippen molar-refractivity contribution in [3.63, 3.8) is 0 Å². The van der Waals surface area contributed by atoms with Gasteiger partial charge < -0.3 is 24.9 Å². The molecule has 0 fully saturated rings. The number of nitrogens with two attached hydrogens (primary N) is 1. The van der Waals surface area contributed by atoms with Crippen molar-refractivity contribution < 1.29 is 28.3 Å². The van der Waals surface area contributed by atoms with Crippen LogP contribution in [0.15, 0.2) is 94.0 Å². The molecule has 38 heavy (non-hydrogen) atoms. The van der Waals surface area contributed by atoms with E-state index in [1.54, 1.807) is 61.5 Å². The summed E-state index contributed by atoms with van der Waals surface area (Å²) >= 11 is 0. The van der Waals surface area contributed by atoms with E-state index in [-0.39, 0.29) is 28.4 Å². The van der Waals surface area contributed by atoms with Crippen molar-refractivity contribution in [2.75, 3.05) is 24.4 Å². The molecule has 1 unspecified atom stereocenters. The highest BCUT2D eigenvalue weighted by Gasteiger charge is 2.43. The van der Waals surface area contributed by atoms with Crippen molar-refractivity contribution >= 4 is 29.2 Å². The van der Waals surface area contributed by atoms with Crippen LogP contribution in [0.5, 0.6) is 0 Å². The predicted molar refractivity (Wildman–Crippen MR) is 137 cm³/mol. The second kappa shape index (κ2) is 10.8. The number of methoxy groups -OCH3 is 2. The summed E-state index contributed by atoms with van der Waals surface area (Å²) in [5, 5.41) is 13.0. The molecule has 1 aliphatic heterocycles. The number of furan rings is 1. The minimum atomic E-state index is -0.985. The number of rotatable bonds is 6. The lowest BCUT2D eigenvalue weighted by atomic mass is 9.80. The molecule has 1 amide bonds. The summed E-state index contributed by atoms with van der Waals surface area (Å²) in [6.07, 6.45) is 1.38. The van der Waals surface area contributed by atoms with E-state index < -0.39 is 23.8 Å². The molecule has 0 bridgehead atoms. The van der Waals surface area contributed by atoms with Crippen molar-refractivity contribution in [1.82, 2.24) is 0 Å². The molecule has 4 rings (SSSR count). The fourth-order valence-electron chi connectivity index (χ4n) is 4.36. The van der Waals surface area contributed by atoms with Gasteiger partial charge in [-0.3, -0.25) is 9.69 Å². The highest BCUT2D eigenvalue weighted by atomic mass is 16.5. The lowest BCUT2D eigenvalue weighted by Gasteiger charge is -2.36. The molecule has 10 heteroatoms. The van der Waals surface area contributed by atoms with Gasteiger partial charge in [0.05, 0.1) is 49.3 Å². The number of nitrogens with zero attached hydrogens (tertiary/aromatic N) is 2. The first-order valence-corrected chi connectivity index (χ1v) is 11.4. The molecule has 2 aromatic carbocycles. The van der Waals surface area contributed by atoms with Gasteiger partial charge in [-0.1, -0.05) is 36.4 Å². The minimum absolute atomic E-state index is 0.0358. The summed E-state index contributed by atoms with van der Waals surface area (Å²) in [4.78, 5) is 40.4. The molecule has 0 aliphatic carbocycles. The van der Waals surface area contributed by atoms with Crippen LogP contribution in [0.4, 0.5) is 11.4 Å². The van der Waals surface area contributed by atoms with E-state index in [4.69, 9.17) is 19.6 Å². The first-order valence-electron chi connectivity index (χ1n) is 11.4. The summed E-state index contributed by atoms with van der Waals surface area (Å²) in [7, 11) is 2.35. The predicted octanol–water partition coefficient (Wildman–Crippen LogP) is 3.74. The molecule has 10 nitrogen and oxygen atoms in total. The third-order valence-corrected chi connectivity index (χ3v) is 6.15. The number of carbonyl (C=O) groups is 3. The maximum atomic E-state index is 13.3. The average molecular weight is 513 g/mol. The van der Waals surface area contributed by atoms with Crippen molar-refractivity contribution in [2.45, 2.75) is 12.8 Å². The van der Waals surface area contributed by atoms with Gasteiger partial charge in [-0.25, -0.2) is 9.59 Å². The molecular weight excluding hydrogens is 488 g/mol. The van der Waals surface area contributed by atoms with Crippen LogP contribution in [-0.4, -0.2) is 32.1 Å². The number of benzene rings is 2. The lowest BCUT2D eigenvalue weighted by molar-refractivity contribution is -0.139. The summed E-state index contributed by atoms with van der Waals surface area (Å²) in [5.74, 6) is -3.14. The van der Waals surface area contributed by atoms with E-state index in [0.717, 1.165) is 0 Å². The zero-order valence-electron chi connectivity index (χ0n) is 20.8. The lowest BCUT2D eigenvalue weighted by Crippen LogP contribution is -2.41. The number of anilines is 2. The second-order valence-corrected chi connectivity index (χ2v) is 8.22. The quantitative estimate of drug-likeness (QED) is 0.471. The molecule has 0 saturated heterocycles. The van der Waals surface area contributed by atoms with Gasteiger partial charge >= 0.3 is 11.9 Å². The highest BCUT2D eigenvalue weighted by molar-refractivity contribution is 6.07. The molecule has 1 aliphatic rings. The number of hydrogen-bond donors (Lipinski definition) is 2. The van der Waals surface area contributed by atoms with Gasteiger partial charge in [-0.2, -0.15) is 5.26 Å². The largest absolute Gasteiger partial charge is 0.466 e. The third-order valence-electron chi connectivity index (χ3n) is 6.15. The van der Waals surface area contributed by atoms with E-state index in [9.17, 15) is 19.6 Å². The molecule has 0 radical (unpaired) electrons. The number of carbonyl (C=O) groups excluding carboxylic acids is 3. The number of hydrogen-bond acceptors (Lipinski definition) is 9.